The molecule has 136 valence electrons. The number of hydrogen-bond acceptors (Lipinski definition) is 4. The van der Waals surface area contributed by atoms with Crippen molar-refractivity contribution < 1.29 is 9.53 Å². The fourth-order valence-electron chi connectivity index (χ4n) is 3.72. The van der Waals surface area contributed by atoms with Crippen molar-refractivity contribution in [1.82, 2.24) is 25.1 Å². The fourth-order valence-corrected chi connectivity index (χ4v) is 3.72. The number of benzene rings is 1. The zero-order valence-electron chi connectivity index (χ0n) is 15.2. The number of rotatable bonds is 4. The van der Waals surface area contributed by atoms with E-state index in [-0.39, 0.29) is 18.1 Å². The minimum Gasteiger partial charge on any atom is -0.369 e. The molecule has 0 saturated carbocycles. The molecule has 26 heavy (non-hydrogen) atoms. The maximum Gasteiger partial charge on any atom is 0.272 e. The molecule has 2 aromatic heterocycles. The quantitative estimate of drug-likeness (QED) is 0.755. The van der Waals surface area contributed by atoms with Gasteiger partial charge in [-0.3, -0.25) is 9.89 Å². The molecule has 4 rings (SSSR count). The van der Waals surface area contributed by atoms with Crippen LogP contribution in [0.15, 0.2) is 24.3 Å². The highest BCUT2D eigenvalue weighted by molar-refractivity contribution is 5.94. The van der Waals surface area contributed by atoms with Crippen LogP contribution >= 0.6 is 0 Å². The topological polar surface area (TPSA) is 84.8 Å². The maximum absolute atomic E-state index is 12.7. The molecule has 3 aromatic rings. The van der Waals surface area contributed by atoms with Crippen LogP contribution in [0.4, 0.5) is 0 Å². The van der Waals surface area contributed by atoms with Crippen LogP contribution < -0.4 is 5.32 Å². The Hall–Kier alpha value is -2.67. The molecular formula is C19H23N5O2. The van der Waals surface area contributed by atoms with Crippen molar-refractivity contribution in [3.63, 3.8) is 0 Å². The molecule has 2 atom stereocenters. The van der Waals surface area contributed by atoms with E-state index in [9.17, 15) is 4.79 Å². The Labute approximate surface area is 151 Å². The van der Waals surface area contributed by atoms with Crippen molar-refractivity contribution in [2.45, 2.75) is 52.5 Å². The Morgan fingerprint density at radius 3 is 3.00 bits per heavy atom. The highest BCUT2D eigenvalue weighted by Crippen LogP contribution is 2.30. The molecule has 2 N–H and O–H groups in total. The molecule has 0 spiro atoms. The lowest BCUT2D eigenvalue weighted by Gasteiger charge is -2.25. The van der Waals surface area contributed by atoms with Crippen LogP contribution in [0.3, 0.4) is 0 Å². The number of H-pyrrole nitrogens is 1. The molecule has 0 saturated heterocycles. The Balaban J connectivity index is 1.55. The summed E-state index contributed by atoms with van der Waals surface area (Å²) in [7, 11) is 0. The number of aromatic nitrogens is 4. The van der Waals surface area contributed by atoms with E-state index in [1.54, 1.807) is 0 Å². The Kier molecular flexibility index (Phi) is 4.24. The van der Waals surface area contributed by atoms with Crippen molar-refractivity contribution in [1.29, 1.82) is 0 Å². The number of carbonyl (C=O) groups is 1. The third-order valence-electron chi connectivity index (χ3n) is 4.91. The lowest BCUT2D eigenvalue weighted by molar-refractivity contribution is -0.00697. The van der Waals surface area contributed by atoms with Gasteiger partial charge < -0.3 is 14.6 Å². The highest BCUT2D eigenvalue weighted by atomic mass is 16.5. The van der Waals surface area contributed by atoms with Crippen LogP contribution in [-0.2, 0) is 24.2 Å². The minimum absolute atomic E-state index is 0.0749. The van der Waals surface area contributed by atoms with Crippen molar-refractivity contribution in [3.8, 4) is 0 Å². The number of ether oxygens (including phenoxy) is 1. The third kappa shape index (κ3) is 2.78. The van der Waals surface area contributed by atoms with Crippen molar-refractivity contribution in [2.24, 2.45) is 0 Å². The molecule has 1 amide bonds. The lowest BCUT2D eigenvalue weighted by Crippen LogP contribution is -2.28. The average molecular weight is 353 g/mol. The van der Waals surface area contributed by atoms with E-state index in [1.807, 2.05) is 38.1 Å². The standard InChI is InChI=1S/C19H23N5O2/c1-4-24-15-8-6-5-7-14(15)21-16(24)10-20-19(25)18-13-9-11(2)26-12(3)17(13)22-23-18/h5-8,11-12H,4,9-10H2,1-3H3,(H,20,25)(H,22,23)/t11-,12+/m0/s1. The summed E-state index contributed by atoms with van der Waals surface area (Å²) in [5.41, 5.74) is 4.33. The first kappa shape index (κ1) is 16.8. The van der Waals surface area contributed by atoms with E-state index in [0.717, 1.165) is 34.7 Å². The van der Waals surface area contributed by atoms with Gasteiger partial charge in [-0.25, -0.2) is 4.98 Å². The second kappa shape index (κ2) is 6.57. The second-order valence-corrected chi connectivity index (χ2v) is 6.70. The summed E-state index contributed by atoms with van der Waals surface area (Å²) < 4.78 is 7.90. The van der Waals surface area contributed by atoms with E-state index in [2.05, 4.69) is 32.0 Å². The summed E-state index contributed by atoms with van der Waals surface area (Å²) in [6, 6.07) is 8.00. The molecule has 1 aliphatic rings. The van der Waals surface area contributed by atoms with Gasteiger partial charge in [0.15, 0.2) is 5.69 Å². The molecule has 0 fully saturated rings. The molecular weight excluding hydrogens is 330 g/mol. The SMILES string of the molecule is CCn1c(CNC(=O)c2n[nH]c3c2C[C@H](C)O[C@@H]3C)nc2ccccc21. The molecule has 0 radical (unpaired) electrons. The van der Waals surface area contributed by atoms with Crippen molar-refractivity contribution in [2.75, 3.05) is 0 Å². The van der Waals surface area contributed by atoms with Crippen LogP contribution in [0, 0.1) is 0 Å². The van der Waals surface area contributed by atoms with E-state index >= 15 is 0 Å². The third-order valence-corrected chi connectivity index (χ3v) is 4.91. The molecule has 3 heterocycles. The minimum atomic E-state index is -0.182. The number of aryl methyl sites for hydroxylation is 1. The van der Waals surface area contributed by atoms with E-state index in [4.69, 9.17) is 4.74 Å². The van der Waals surface area contributed by atoms with Gasteiger partial charge in [0.1, 0.15) is 5.82 Å². The summed E-state index contributed by atoms with van der Waals surface area (Å²) >= 11 is 0. The first-order chi connectivity index (χ1) is 12.6. The molecule has 0 unspecified atom stereocenters. The zero-order chi connectivity index (χ0) is 18.3. The average Bonchev–Trinajstić information content (AvgIpc) is 3.20. The smallest absolute Gasteiger partial charge is 0.272 e. The van der Waals surface area contributed by atoms with Gasteiger partial charge in [0.2, 0.25) is 0 Å². The molecule has 1 aromatic carbocycles. The Morgan fingerprint density at radius 1 is 1.38 bits per heavy atom. The number of fused-ring (bicyclic) bond motifs is 2. The highest BCUT2D eigenvalue weighted by Gasteiger charge is 2.29. The van der Waals surface area contributed by atoms with E-state index in [0.29, 0.717) is 18.7 Å². The van der Waals surface area contributed by atoms with Crippen LogP contribution in [-0.4, -0.2) is 31.8 Å². The predicted octanol–water partition coefficient (Wildman–Crippen LogP) is 2.73. The van der Waals surface area contributed by atoms with Crippen LogP contribution in [0.5, 0.6) is 0 Å². The summed E-state index contributed by atoms with van der Waals surface area (Å²) in [6.45, 7) is 7.22. The van der Waals surface area contributed by atoms with Gasteiger partial charge in [-0.1, -0.05) is 12.1 Å². The van der Waals surface area contributed by atoms with Gasteiger partial charge in [0, 0.05) is 18.5 Å². The fraction of sp³-hybridized carbons (Fsp3) is 0.421. The van der Waals surface area contributed by atoms with E-state index < -0.39 is 0 Å². The van der Waals surface area contributed by atoms with Gasteiger partial charge in [-0.15, -0.1) is 0 Å². The molecule has 1 aliphatic heterocycles. The van der Waals surface area contributed by atoms with Crippen LogP contribution in [0.25, 0.3) is 11.0 Å². The number of nitrogens with zero attached hydrogens (tertiary/aromatic N) is 3. The molecule has 0 aliphatic carbocycles. The summed E-state index contributed by atoms with van der Waals surface area (Å²) in [5.74, 6) is 0.662. The number of nitrogens with one attached hydrogen (secondary N) is 2. The van der Waals surface area contributed by atoms with E-state index in [1.165, 1.54) is 0 Å². The number of amides is 1. The van der Waals surface area contributed by atoms with Gasteiger partial charge >= 0.3 is 0 Å². The summed E-state index contributed by atoms with van der Waals surface area (Å²) in [6.07, 6.45) is 0.685. The summed E-state index contributed by atoms with van der Waals surface area (Å²) in [4.78, 5) is 17.4. The van der Waals surface area contributed by atoms with Gasteiger partial charge in [-0.2, -0.15) is 5.10 Å². The van der Waals surface area contributed by atoms with Crippen LogP contribution in [0.1, 0.15) is 54.4 Å². The van der Waals surface area contributed by atoms with Gasteiger partial charge in [-0.05, 0) is 32.9 Å². The Morgan fingerprint density at radius 2 is 2.19 bits per heavy atom. The van der Waals surface area contributed by atoms with Crippen molar-refractivity contribution in [3.05, 3.63) is 47.0 Å². The lowest BCUT2D eigenvalue weighted by atomic mass is 9.99. The Bertz CT molecular complexity index is 958. The summed E-state index contributed by atoms with van der Waals surface area (Å²) in [5, 5.41) is 10.2. The van der Waals surface area contributed by atoms with Gasteiger partial charge in [0.25, 0.3) is 5.91 Å². The largest absolute Gasteiger partial charge is 0.369 e. The number of carbonyl (C=O) groups excluding carboxylic acids is 1. The van der Waals surface area contributed by atoms with Gasteiger partial charge in [0.05, 0.1) is 35.5 Å². The molecule has 7 nitrogen and oxygen atoms in total. The molecule has 7 heteroatoms. The number of imidazole rings is 1. The maximum atomic E-state index is 12.7. The first-order valence-corrected chi connectivity index (χ1v) is 9.03. The number of hydrogen-bond donors (Lipinski definition) is 2. The normalized spacial score (nSPS) is 19.5. The predicted molar refractivity (Wildman–Crippen MR) is 97.8 cm³/mol. The second-order valence-electron chi connectivity index (χ2n) is 6.70. The number of para-hydroxylation sites is 2. The number of aromatic amines is 1. The van der Waals surface area contributed by atoms with Crippen LogP contribution in [0.2, 0.25) is 0 Å². The monoisotopic (exact) mass is 353 g/mol. The first-order valence-electron chi connectivity index (χ1n) is 9.03. The van der Waals surface area contributed by atoms with Crippen molar-refractivity contribution >= 4 is 16.9 Å². The molecule has 0 bridgehead atoms. The zero-order valence-corrected chi connectivity index (χ0v) is 15.2.